The number of amides is 2. The van der Waals surface area contributed by atoms with Gasteiger partial charge in [-0.15, -0.1) is 0 Å². The lowest BCUT2D eigenvalue weighted by Crippen LogP contribution is -2.48. The van der Waals surface area contributed by atoms with Crippen LogP contribution < -0.4 is 9.64 Å². The fraction of sp³-hybridized carbons (Fsp3) is 0.515. The zero-order valence-electron chi connectivity index (χ0n) is 25.3. The molecule has 1 saturated carbocycles. The van der Waals surface area contributed by atoms with Crippen molar-refractivity contribution in [3.8, 4) is 11.8 Å². The number of anilines is 1. The fourth-order valence-corrected chi connectivity index (χ4v) is 5.70. The van der Waals surface area contributed by atoms with E-state index in [-0.39, 0.29) is 12.3 Å². The summed E-state index contributed by atoms with van der Waals surface area (Å²) in [6.07, 6.45) is 5.69. The Labute approximate surface area is 248 Å². The molecule has 2 aliphatic rings. The standard InChI is InChI=1S/C33H41N3O6/c1-33(2,3)42-32(39)35(4)29(31(38)40-5)19-30(37)36-16-15-24-18-26(12-14-28(24)36)41-21-22-11-13-27(25(17-22)20-34)23-9-7-6-8-10-23/h11-14,17-18,23,29H,6-10,15-16,19,21H2,1-5H3. The first kappa shape index (κ1) is 30.9. The van der Waals surface area contributed by atoms with Gasteiger partial charge in [-0.1, -0.05) is 31.4 Å². The van der Waals surface area contributed by atoms with E-state index in [1.807, 2.05) is 30.3 Å². The Hall–Kier alpha value is -4.06. The third-order valence-corrected chi connectivity index (χ3v) is 7.93. The van der Waals surface area contributed by atoms with Crippen molar-refractivity contribution in [2.24, 2.45) is 0 Å². The molecule has 1 aliphatic heterocycles. The second-order valence-electron chi connectivity index (χ2n) is 12.1. The minimum Gasteiger partial charge on any atom is -0.489 e. The lowest BCUT2D eigenvalue weighted by Gasteiger charge is -2.30. The van der Waals surface area contributed by atoms with Gasteiger partial charge in [0, 0.05) is 19.3 Å². The molecule has 1 atom stereocenters. The first-order chi connectivity index (χ1) is 20.0. The number of ether oxygens (including phenoxy) is 3. The number of carbonyl (C=O) groups is 3. The van der Waals surface area contributed by atoms with E-state index in [1.54, 1.807) is 25.7 Å². The predicted octanol–water partition coefficient (Wildman–Crippen LogP) is 5.87. The van der Waals surface area contributed by atoms with E-state index in [9.17, 15) is 19.6 Å². The summed E-state index contributed by atoms with van der Waals surface area (Å²) in [6, 6.07) is 12.9. The number of carbonyl (C=O) groups excluding carboxylic acids is 3. The minimum atomic E-state index is -1.12. The number of likely N-dealkylation sites (N-methyl/N-ethyl adjacent to an activating group) is 1. The number of rotatable bonds is 8. The van der Waals surface area contributed by atoms with Crippen LogP contribution in [0.25, 0.3) is 0 Å². The molecule has 0 bridgehead atoms. The van der Waals surface area contributed by atoms with E-state index in [0.717, 1.165) is 45.7 Å². The Morgan fingerprint density at radius 3 is 2.50 bits per heavy atom. The molecule has 42 heavy (non-hydrogen) atoms. The lowest BCUT2D eigenvalue weighted by atomic mass is 9.82. The van der Waals surface area contributed by atoms with Gasteiger partial charge in [-0.2, -0.15) is 5.26 Å². The van der Waals surface area contributed by atoms with Crippen LogP contribution in [0.15, 0.2) is 36.4 Å². The van der Waals surface area contributed by atoms with Gasteiger partial charge in [0.15, 0.2) is 0 Å². The van der Waals surface area contributed by atoms with Crippen molar-refractivity contribution in [2.75, 3.05) is 25.6 Å². The highest BCUT2D eigenvalue weighted by atomic mass is 16.6. The van der Waals surface area contributed by atoms with Gasteiger partial charge in [-0.25, -0.2) is 9.59 Å². The van der Waals surface area contributed by atoms with Gasteiger partial charge >= 0.3 is 12.1 Å². The normalized spacial score (nSPS) is 15.8. The van der Waals surface area contributed by atoms with Crippen molar-refractivity contribution in [1.29, 1.82) is 5.26 Å². The topological polar surface area (TPSA) is 109 Å². The summed E-state index contributed by atoms with van der Waals surface area (Å²) in [7, 11) is 2.65. The molecule has 0 spiro atoms. The smallest absolute Gasteiger partial charge is 0.410 e. The number of hydrogen-bond donors (Lipinski definition) is 0. The average molecular weight is 576 g/mol. The summed E-state index contributed by atoms with van der Waals surface area (Å²) in [5, 5.41) is 9.76. The number of benzene rings is 2. The first-order valence-electron chi connectivity index (χ1n) is 14.6. The van der Waals surface area contributed by atoms with E-state index in [2.05, 4.69) is 12.1 Å². The lowest BCUT2D eigenvalue weighted by molar-refractivity contribution is -0.148. The Balaban J connectivity index is 1.40. The third-order valence-electron chi connectivity index (χ3n) is 7.93. The number of nitrogens with zero attached hydrogens (tertiary/aromatic N) is 3. The summed E-state index contributed by atoms with van der Waals surface area (Å²) in [4.78, 5) is 41.2. The molecule has 2 aromatic carbocycles. The molecule has 2 amide bonds. The second-order valence-corrected chi connectivity index (χ2v) is 12.1. The van der Waals surface area contributed by atoms with Gasteiger partial charge in [-0.3, -0.25) is 9.69 Å². The van der Waals surface area contributed by atoms with E-state index in [0.29, 0.717) is 31.2 Å². The molecule has 0 N–H and O–H groups in total. The zero-order valence-corrected chi connectivity index (χ0v) is 25.3. The molecule has 9 heteroatoms. The van der Waals surface area contributed by atoms with E-state index in [1.165, 1.54) is 33.4 Å². The Morgan fingerprint density at radius 2 is 1.83 bits per heavy atom. The van der Waals surface area contributed by atoms with Gasteiger partial charge in [0.2, 0.25) is 5.91 Å². The van der Waals surface area contributed by atoms with Crippen LogP contribution in [0.1, 0.15) is 87.5 Å². The molecule has 0 saturated heterocycles. The number of hydrogen-bond acceptors (Lipinski definition) is 7. The van der Waals surface area contributed by atoms with Gasteiger partial charge in [0.25, 0.3) is 0 Å². The van der Waals surface area contributed by atoms with Gasteiger partial charge < -0.3 is 19.1 Å². The van der Waals surface area contributed by atoms with Crippen LogP contribution in [0.5, 0.6) is 5.75 Å². The van der Waals surface area contributed by atoms with E-state index in [4.69, 9.17) is 14.2 Å². The predicted molar refractivity (Wildman–Crippen MR) is 158 cm³/mol. The number of nitriles is 1. The maximum absolute atomic E-state index is 13.3. The summed E-state index contributed by atoms with van der Waals surface area (Å²) < 4.78 is 16.3. The molecule has 0 aromatic heterocycles. The minimum absolute atomic E-state index is 0.238. The van der Waals surface area contributed by atoms with Crippen molar-refractivity contribution >= 4 is 23.7 Å². The molecule has 0 radical (unpaired) electrons. The van der Waals surface area contributed by atoms with Gasteiger partial charge in [0.05, 0.1) is 25.2 Å². The van der Waals surface area contributed by atoms with Crippen LogP contribution in [0, 0.1) is 11.3 Å². The van der Waals surface area contributed by atoms with Crippen molar-refractivity contribution in [2.45, 2.75) is 89.9 Å². The summed E-state index contributed by atoms with van der Waals surface area (Å²) in [6.45, 7) is 5.98. The highest BCUT2D eigenvalue weighted by molar-refractivity contribution is 5.98. The maximum atomic E-state index is 13.3. The molecule has 1 unspecified atom stereocenters. The quantitative estimate of drug-likeness (QED) is 0.362. The third kappa shape index (κ3) is 7.41. The summed E-state index contributed by atoms with van der Waals surface area (Å²) in [5.41, 5.74) is 3.77. The van der Waals surface area contributed by atoms with Crippen LogP contribution in [-0.2, 0) is 32.1 Å². The molecule has 224 valence electrons. The number of methoxy groups -OCH3 is 1. The Morgan fingerprint density at radius 1 is 1.10 bits per heavy atom. The Bertz CT molecular complexity index is 1350. The van der Waals surface area contributed by atoms with Crippen molar-refractivity contribution < 1.29 is 28.6 Å². The molecule has 1 fully saturated rings. The molecule has 2 aromatic rings. The molecule has 9 nitrogen and oxygen atoms in total. The molecule has 1 heterocycles. The number of esters is 1. The van der Waals surface area contributed by atoms with Gasteiger partial charge in [-0.05, 0) is 86.9 Å². The molecular formula is C33H41N3O6. The first-order valence-corrected chi connectivity index (χ1v) is 14.6. The molecular weight excluding hydrogens is 534 g/mol. The van der Waals surface area contributed by atoms with Crippen LogP contribution in [0.2, 0.25) is 0 Å². The van der Waals surface area contributed by atoms with Crippen LogP contribution in [0.4, 0.5) is 10.5 Å². The van der Waals surface area contributed by atoms with E-state index >= 15 is 0 Å². The van der Waals surface area contributed by atoms with Crippen LogP contribution in [-0.4, -0.2) is 55.2 Å². The highest BCUT2D eigenvalue weighted by Gasteiger charge is 2.35. The fourth-order valence-electron chi connectivity index (χ4n) is 5.70. The highest BCUT2D eigenvalue weighted by Crippen LogP contribution is 2.35. The number of fused-ring (bicyclic) bond motifs is 1. The summed E-state index contributed by atoms with van der Waals surface area (Å²) >= 11 is 0. The maximum Gasteiger partial charge on any atom is 0.410 e. The molecule has 4 rings (SSSR count). The monoisotopic (exact) mass is 575 g/mol. The van der Waals surface area contributed by atoms with E-state index < -0.39 is 23.7 Å². The second kappa shape index (κ2) is 13.3. The van der Waals surface area contributed by atoms with Crippen LogP contribution >= 0.6 is 0 Å². The SMILES string of the molecule is COC(=O)C(CC(=O)N1CCc2cc(OCc3ccc(C4CCCCC4)c(C#N)c3)ccc21)N(C)C(=O)OC(C)(C)C. The van der Waals surface area contributed by atoms with Crippen molar-refractivity contribution in [3.05, 3.63) is 58.7 Å². The average Bonchev–Trinajstić information content (AvgIpc) is 3.41. The van der Waals surface area contributed by atoms with Crippen molar-refractivity contribution in [3.63, 3.8) is 0 Å². The van der Waals surface area contributed by atoms with Crippen LogP contribution in [0.3, 0.4) is 0 Å². The van der Waals surface area contributed by atoms with Gasteiger partial charge in [0.1, 0.15) is 24.0 Å². The Kier molecular flexibility index (Phi) is 9.77. The molecule has 1 aliphatic carbocycles. The van der Waals surface area contributed by atoms with Crippen molar-refractivity contribution in [1.82, 2.24) is 4.90 Å². The zero-order chi connectivity index (χ0) is 30.4. The largest absolute Gasteiger partial charge is 0.489 e. The summed E-state index contributed by atoms with van der Waals surface area (Å²) in [5.74, 6) is 0.155.